The zero-order valence-corrected chi connectivity index (χ0v) is 10.8. The highest BCUT2D eigenvalue weighted by molar-refractivity contribution is 6.30. The minimum absolute atomic E-state index is 0.0711. The van der Waals surface area contributed by atoms with Crippen molar-refractivity contribution in [3.63, 3.8) is 0 Å². The molecule has 1 unspecified atom stereocenters. The summed E-state index contributed by atoms with van der Waals surface area (Å²) in [4.78, 5) is 0. The second-order valence-corrected chi connectivity index (χ2v) is 4.73. The van der Waals surface area contributed by atoms with Crippen molar-refractivity contribution in [2.45, 2.75) is 19.4 Å². The monoisotopic (exact) mass is 264 g/mol. The van der Waals surface area contributed by atoms with E-state index in [1.165, 1.54) is 12.1 Å². The highest BCUT2D eigenvalue weighted by atomic mass is 35.5. The van der Waals surface area contributed by atoms with Crippen LogP contribution in [0.25, 0.3) is 0 Å². The number of rotatable bonds is 3. The average Bonchev–Trinajstić information content (AvgIpc) is 2.35. The van der Waals surface area contributed by atoms with Gasteiger partial charge in [0.1, 0.15) is 5.82 Å². The van der Waals surface area contributed by atoms with E-state index in [0.29, 0.717) is 12.0 Å². The molecule has 0 saturated heterocycles. The van der Waals surface area contributed by atoms with Gasteiger partial charge in [0.05, 0.1) is 11.1 Å². The number of hydrogen-bond acceptors (Lipinski definition) is 1. The van der Waals surface area contributed by atoms with Crippen LogP contribution in [0.3, 0.4) is 0 Å². The Morgan fingerprint density at radius 1 is 1.22 bits per heavy atom. The highest BCUT2D eigenvalue weighted by Gasteiger charge is 2.12. The van der Waals surface area contributed by atoms with Crippen molar-refractivity contribution in [1.82, 2.24) is 0 Å². The average molecular weight is 265 g/mol. The maximum atomic E-state index is 13.3. The Morgan fingerprint density at radius 2 is 1.94 bits per heavy atom. The Kier molecular flexibility index (Phi) is 4.00. The second-order valence-electron chi connectivity index (χ2n) is 4.32. The van der Waals surface area contributed by atoms with Crippen LogP contribution >= 0.6 is 11.6 Å². The fraction of sp³-hybridized carbons (Fsp3) is 0.200. The first-order chi connectivity index (χ1) is 8.58. The molecule has 0 aromatic heterocycles. The van der Waals surface area contributed by atoms with Gasteiger partial charge in [-0.2, -0.15) is 0 Å². The van der Waals surface area contributed by atoms with Crippen molar-refractivity contribution in [3.8, 4) is 0 Å². The van der Waals surface area contributed by atoms with E-state index in [2.05, 4.69) is 0 Å². The van der Waals surface area contributed by atoms with E-state index in [4.69, 9.17) is 11.6 Å². The molecule has 0 bridgehead atoms. The zero-order valence-electron chi connectivity index (χ0n) is 10.0. The van der Waals surface area contributed by atoms with Crippen molar-refractivity contribution >= 4 is 11.6 Å². The molecule has 0 heterocycles. The van der Waals surface area contributed by atoms with Crippen LogP contribution < -0.4 is 0 Å². The number of aryl methyl sites for hydroxylation is 1. The van der Waals surface area contributed by atoms with Gasteiger partial charge in [-0.25, -0.2) is 4.39 Å². The van der Waals surface area contributed by atoms with E-state index < -0.39 is 11.9 Å². The summed E-state index contributed by atoms with van der Waals surface area (Å²) in [5.74, 6) is -0.502. The quantitative estimate of drug-likeness (QED) is 0.886. The molecule has 2 aromatic carbocycles. The molecule has 1 nitrogen and oxygen atoms in total. The molecule has 1 N–H and O–H groups in total. The van der Waals surface area contributed by atoms with E-state index in [-0.39, 0.29) is 5.02 Å². The third-order valence-corrected chi connectivity index (χ3v) is 3.31. The molecule has 94 valence electrons. The van der Waals surface area contributed by atoms with Crippen LogP contribution in [0.5, 0.6) is 0 Å². The SMILES string of the molecule is Cc1ccccc1CC(O)c1ccc(Cl)c(F)c1. The lowest BCUT2D eigenvalue weighted by atomic mass is 9.98. The molecule has 0 aliphatic rings. The zero-order chi connectivity index (χ0) is 13.1. The fourth-order valence-corrected chi connectivity index (χ4v) is 2.00. The van der Waals surface area contributed by atoms with E-state index >= 15 is 0 Å². The Balaban J connectivity index is 2.19. The van der Waals surface area contributed by atoms with Gasteiger partial charge in [0.25, 0.3) is 0 Å². The molecule has 18 heavy (non-hydrogen) atoms. The van der Waals surface area contributed by atoms with Crippen LogP contribution in [0.4, 0.5) is 4.39 Å². The molecular weight excluding hydrogens is 251 g/mol. The molecule has 0 aliphatic heterocycles. The largest absolute Gasteiger partial charge is 0.388 e. The summed E-state index contributed by atoms with van der Waals surface area (Å²) >= 11 is 5.61. The van der Waals surface area contributed by atoms with Gasteiger partial charge in [-0.15, -0.1) is 0 Å². The fourth-order valence-electron chi connectivity index (χ4n) is 1.88. The van der Waals surface area contributed by atoms with Crippen LogP contribution in [-0.2, 0) is 6.42 Å². The number of halogens is 2. The Hall–Kier alpha value is -1.38. The highest BCUT2D eigenvalue weighted by Crippen LogP contribution is 2.23. The summed E-state index contributed by atoms with van der Waals surface area (Å²) in [6.45, 7) is 1.99. The molecule has 0 aliphatic carbocycles. The molecule has 3 heteroatoms. The first-order valence-corrected chi connectivity index (χ1v) is 6.13. The molecule has 0 radical (unpaired) electrons. The van der Waals surface area contributed by atoms with Crippen LogP contribution in [0.15, 0.2) is 42.5 Å². The van der Waals surface area contributed by atoms with Crippen LogP contribution in [0.2, 0.25) is 5.02 Å². The molecule has 0 amide bonds. The van der Waals surface area contributed by atoms with E-state index in [0.717, 1.165) is 11.1 Å². The van der Waals surface area contributed by atoms with Gasteiger partial charge in [0.15, 0.2) is 0 Å². The summed E-state index contributed by atoms with van der Waals surface area (Å²) in [6.07, 6.45) is -0.258. The molecule has 0 spiro atoms. The Morgan fingerprint density at radius 3 is 2.61 bits per heavy atom. The van der Waals surface area contributed by atoms with Gasteiger partial charge < -0.3 is 5.11 Å². The molecule has 0 saturated carbocycles. The van der Waals surface area contributed by atoms with Crippen molar-refractivity contribution in [2.75, 3.05) is 0 Å². The first kappa shape index (κ1) is 13.1. The molecule has 2 aromatic rings. The van der Waals surface area contributed by atoms with Crippen LogP contribution in [0.1, 0.15) is 22.8 Å². The van der Waals surface area contributed by atoms with Crippen molar-refractivity contribution in [1.29, 1.82) is 0 Å². The van der Waals surface area contributed by atoms with Gasteiger partial charge in [-0.1, -0.05) is 41.9 Å². The summed E-state index contributed by atoms with van der Waals surface area (Å²) in [5.41, 5.74) is 2.71. The lowest BCUT2D eigenvalue weighted by Crippen LogP contribution is -2.03. The van der Waals surface area contributed by atoms with Crippen molar-refractivity contribution in [2.24, 2.45) is 0 Å². The lowest BCUT2D eigenvalue weighted by Gasteiger charge is -2.13. The van der Waals surface area contributed by atoms with E-state index in [1.807, 2.05) is 31.2 Å². The maximum absolute atomic E-state index is 13.3. The predicted octanol–water partition coefficient (Wildman–Crippen LogP) is 4.06. The number of benzene rings is 2. The number of aliphatic hydroxyl groups excluding tert-OH is 1. The van der Waals surface area contributed by atoms with Crippen LogP contribution in [0, 0.1) is 12.7 Å². The number of aliphatic hydroxyl groups is 1. The molecule has 0 fully saturated rings. The van der Waals surface area contributed by atoms with Gasteiger partial charge in [0, 0.05) is 6.42 Å². The summed E-state index contributed by atoms with van der Waals surface area (Å²) < 4.78 is 13.3. The molecular formula is C15H14ClFO. The summed E-state index contributed by atoms with van der Waals surface area (Å²) in [5, 5.41) is 10.2. The maximum Gasteiger partial charge on any atom is 0.142 e. The Bertz CT molecular complexity index is 554. The number of hydrogen-bond donors (Lipinski definition) is 1. The van der Waals surface area contributed by atoms with Gasteiger partial charge in [-0.05, 0) is 35.7 Å². The van der Waals surface area contributed by atoms with E-state index in [1.54, 1.807) is 6.07 Å². The van der Waals surface area contributed by atoms with Crippen molar-refractivity contribution in [3.05, 3.63) is 70.0 Å². The van der Waals surface area contributed by atoms with Gasteiger partial charge in [0.2, 0.25) is 0 Å². The Labute approximate surface area is 111 Å². The second kappa shape index (κ2) is 5.51. The topological polar surface area (TPSA) is 20.2 Å². The normalized spacial score (nSPS) is 12.4. The first-order valence-electron chi connectivity index (χ1n) is 5.75. The predicted molar refractivity (Wildman–Crippen MR) is 71.3 cm³/mol. The standard InChI is InChI=1S/C15H14ClFO/c1-10-4-2-3-5-11(10)9-15(18)12-6-7-13(16)14(17)8-12/h2-8,15,18H,9H2,1H3. The third kappa shape index (κ3) is 2.89. The lowest BCUT2D eigenvalue weighted by molar-refractivity contribution is 0.178. The summed E-state index contributed by atoms with van der Waals surface area (Å²) in [6, 6.07) is 12.2. The van der Waals surface area contributed by atoms with Gasteiger partial charge in [-0.3, -0.25) is 0 Å². The third-order valence-electron chi connectivity index (χ3n) is 3.00. The van der Waals surface area contributed by atoms with Crippen LogP contribution in [-0.4, -0.2) is 5.11 Å². The minimum Gasteiger partial charge on any atom is -0.388 e. The smallest absolute Gasteiger partial charge is 0.142 e. The van der Waals surface area contributed by atoms with E-state index in [9.17, 15) is 9.50 Å². The van der Waals surface area contributed by atoms with Gasteiger partial charge >= 0.3 is 0 Å². The minimum atomic E-state index is -0.724. The summed E-state index contributed by atoms with van der Waals surface area (Å²) in [7, 11) is 0. The molecule has 1 atom stereocenters. The molecule has 2 rings (SSSR count). The van der Waals surface area contributed by atoms with Crippen molar-refractivity contribution < 1.29 is 9.50 Å².